The number of esters is 1. The number of hydrogen-bond donors (Lipinski definition) is 2. The smallest absolute Gasteiger partial charge is 0.408 e. The molecule has 0 aromatic rings. The van der Waals surface area contributed by atoms with E-state index < -0.39 is 17.7 Å². The molecule has 0 heterocycles. The quantitative estimate of drug-likeness (QED) is 0.384. The van der Waals surface area contributed by atoms with E-state index in [2.05, 4.69) is 10.6 Å². The van der Waals surface area contributed by atoms with E-state index >= 15 is 0 Å². The van der Waals surface area contributed by atoms with Gasteiger partial charge in [0.25, 0.3) is 0 Å². The van der Waals surface area contributed by atoms with Crippen LogP contribution in [-0.2, 0) is 19.1 Å². The van der Waals surface area contributed by atoms with Crippen molar-refractivity contribution in [2.75, 3.05) is 6.61 Å². The molecule has 0 spiro atoms. The van der Waals surface area contributed by atoms with Crippen LogP contribution in [0.25, 0.3) is 0 Å². The van der Waals surface area contributed by atoms with Crippen LogP contribution in [0, 0.1) is 11.8 Å². The van der Waals surface area contributed by atoms with Gasteiger partial charge in [-0.2, -0.15) is 0 Å². The molecule has 0 saturated carbocycles. The number of nitrogens with one attached hydrogen (secondary N) is 2. The predicted molar refractivity (Wildman–Crippen MR) is 119 cm³/mol. The van der Waals surface area contributed by atoms with E-state index in [1.165, 1.54) is 12.2 Å². The van der Waals surface area contributed by atoms with Gasteiger partial charge in [0.2, 0.25) is 5.91 Å². The summed E-state index contributed by atoms with van der Waals surface area (Å²) < 4.78 is 10.2. The summed E-state index contributed by atoms with van der Waals surface area (Å²) in [6, 6.07) is -0.627. The molecular weight excluding hydrogens is 384 g/mol. The van der Waals surface area contributed by atoms with Crippen LogP contribution in [0.1, 0.15) is 68.2 Å². The van der Waals surface area contributed by atoms with Gasteiger partial charge in [-0.3, -0.25) is 4.79 Å². The van der Waals surface area contributed by atoms with Gasteiger partial charge in [-0.25, -0.2) is 9.59 Å². The molecular formula is C23H40N2O5. The molecule has 0 saturated heterocycles. The number of rotatable bonds is 11. The van der Waals surface area contributed by atoms with E-state index in [1.807, 2.05) is 27.7 Å². The normalized spacial score (nSPS) is 14.2. The summed E-state index contributed by atoms with van der Waals surface area (Å²) in [6.07, 6.45) is 6.90. The largest absolute Gasteiger partial charge is 0.463 e. The Hall–Kier alpha value is -2.31. The first kappa shape index (κ1) is 27.7. The Labute approximate surface area is 181 Å². The highest BCUT2D eigenvalue weighted by Gasteiger charge is 2.19. The fourth-order valence-electron chi connectivity index (χ4n) is 2.67. The van der Waals surface area contributed by atoms with E-state index in [-0.39, 0.29) is 18.0 Å². The lowest BCUT2D eigenvalue weighted by atomic mass is 10.0. The van der Waals surface area contributed by atoms with Crippen molar-refractivity contribution in [3.8, 4) is 0 Å². The number of alkyl carbamates (subject to hydrolysis) is 1. The predicted octanol–water partition coefficient (Wildman–Crippen LogP) is 4.13. The Morgan fingerprint density at radius 2 is 1.37 bits per heavy atom. The van der Waals surface area contributed by atoms with Crippen molar-refractivity contribution < 1.29 is 23.9 Å². The lowest BCUT2D eigenvalue weighted by Crippen LogP contribution is -2.39. The topological polar surface area (TPSA) is 93.7 Å². The maximum atomic E-state index is 12.4. The zero-order chi connectivity index (χ0) is 23.3. The number of ether oxygens (including phenoxy) is 2. The molecule has 2 atom stereocenters. The zero-order valence-corrected chi connectivity index (χ0v) is 19.8. The van der Waals surface area contributed by atoms with Gasteiger partial charge in [-0.15, -0.1) is 0 Å². The number of hydrogen-bond acceptors (Lipinski definition) is 5. The number of amides is 2. The molecule has 2 N–H and O–H groups in total. The van der Waals surface area contributed by atoms with Crippen LogP contribution in [0.15, 0.2) is 24.3 Å². The molecule has 0 aliphatic heterocycles. The van der Waals surface area contributed by atoms with Gasteiger partial charge < -0.3 is 20.1 Å². The molecule has 0 aliphatic rings. The van der Waals surface area contributed by atoms with Crippen LogP contribution in [-0.4, -0.2) is 42.3 Å². The standard InChI is InChI=1S/C23H40N2O5/c1-9-29-21(27)13-11-18(14-16(2)3)24-20(26)12-10-19(15-17(4)5)25-22(28)30-23(6,7)8/h10-13,16-19H,9,14-15H2,1-8H3,(H,24,26)(H,25,28)/b12-10+,13-11+/t18-,19-/m1/s1. The third-order valence-electron chi connectivity index (χ3n) is 3.71. The molecule has 0 bridgehead atoms. The van der Waals surface area contributed by atoms with Crippen LogP contribution in [0.4, 0.5) is 4.79 Å². The second-order valence-electron chi connectivity index (χ2n) is 9.10. The summed E-state index contributed by atoms with van der Waals surface area (Å²) in [5, 5.41) is 5.68. The molecule has 7 heteroatoms. The molecule has 0 aliphatic carbocycles. The van der Waals surface area contributed by atoms with Crippen molar-refractivity contribution in [3.05, 3.63) is 24.3 Å². The van der Waals surface area contributed by atoms with Crippen LogP contribution >= 0.6 is 0 Å². The molecule has 0 radical (unpaired) electrons. The molecule has 172 valence electrons. The lowest BCUT2D eigenvalue weighted by Gasteiger charge is -2.23. The fraction of sp³-hybridized carbons (Fsp3) is 0.696. The monoisotopic (exact) mass is 424 g/mol. The van der Waals surface area contributed by atoms with E-state index in [4.69, 9.17) is 9.47 Å². The second kappa shape index (κ2) is 13.8. The third kappa shape index (κ3) is 15.6. The van der Waals surface area contributed by atoms with Crippen LogP contribution in [0.3, 0.4) is 0 Å². The molecule has 0 rings (SSSR count). The van der Waals surface area contributed by atoms with Crippen LogP contribution in [0.5, 0.6) is 0 Å². The van der Waals surface area contributed by atoms with Gasteiger partial charge >= 0.3 is 12.1 Å². The van der Waals surface area contributed by atoms with Crippen LogP contribution in [0.2, 0.25) is 0 Å². The first-order chi connectivity index (χ1) is 13.8. The van der Waals surface area contributed by atoms with E-state index in [9.17, 15) is 14.4 Å². The van der Waals surface area contributed by atoms with E-state index in [0.29, 0.717) is 31.3 Å². The van der Waals surface area contributed by atoms with Gasteiger partial charge in [0.15, 0.2) is 0 Å². The maximum Gasteiger partial charge on any atom is 0.408 e. The first-order valence-corrected chi connectivity index (χ1v) is 10.7. The summed E-state index contributed by atoms with van der Waals surface area (Å²) in [6.45, 7) is 15.6. The highest BCUT2D eigenvalue weighted by Crippen LogP contribution is 2.10. The Morgan fingerprint density at radius 3 is 1.83 bits per heavy atom. The van der Waals surface area contributed by atoms with E-state index in [1.54, 1.807) is 39.8 Å². The van der Waals surface area contributed by atoms with Gasteiger partial charge in [-0.05, 0) is 52.4 Å². The summed E-state index contributed by atoms with van der Waals surface area (Å²) >= 11 is 0. The third-order valence-corrected chi connectivity index (χ3v) is 3.71. The SMILES string of the molecule is CCOC(=O)/C=C/[C@H](CC(C)C)NC(=O)/C=C/[C@H](CC(C)C)NC(=O)OC(C)(C)C. The average Bonchev–Trinajstić information content (AvgIpc) is 2.55. The van der Waals surface area contributed by atoms with Crippen LogP contribution < -0.4 is 10.6 Å². The van der Waals surface area contributed by atoms with E-state index in [0.717, 1.165) is 0 Å². The molecule has 0 fully saturated rings. The van der Waals surface area contributed by atoms with Crippen molar-refractivity contribution in [2.45, 2.75) is 85.9 Å². The van der Waals surface area contributed by atoms with Crippen molar-refractivity contribution in [3.63, 3.8) is 0 Å². The minimum absolute atomic E-state index is 0.297. The highest BCUT2D eigenvalue weighted by atomic mass is 16.6. The molecule has 7 nitrogen and oxygen atoms in total. The minimum Gasteiger partial charge on any atom is -0.463 e. The van der Waals surface area contributed by atoms with Gasteiger partial charge in [-0.1, -0.05) is 39.8 Å². The maximum absolute atomic E-state index is 12.4. The second-order valence-corrected chi connectivity index (χ2v) is 9.10. The molecule has 30 heavy (non-hydrogen) atoms. The lowest BCUT2D eigenvalue weighted by molar-refractivity contribution is -0.137. The summed E-state index contributed by atoms with van der Waals surface area (Å²) in [7, 11) is 0. The Morgan fingerprint density at radius 1 is 0.867 bits per heavy atom. The van der Waals surface area contributed by atoms with Crippen molar-refractivity contribution in [2.24, 2.45) is 11.8 Å². The highest BCUT2D eigenvalue weighted by molar-refractivity contribution is 5.88. The summed E-state index contributed by atoms with van der Waals surface area (Å²) in [4.78, 5) is 36.0. The summed E-state index contributed by atoms with van der Waals surface area (Å²) in [5.74, 6) is -0.0870. The summed E-state index contributed by atoms with van der Waals surface area (Å²) in [5.41, 5.74) is -0.594. The van der Waals surface area contributed by atoms with Crippen molar-refractivity contribution >= 4 is 18.0 Å². The molecule has 2 amide bonds. The molecule has 0 aromatic heterocycles. The fourth-order valence-corrected chi connectivity index (χ4v) is 2.67. The number of carbonyl (C=O) groups excluding carboxylic acids is 3. The van der Waals surface area contributed by atoms with Gasteiger partial charge in [0, 0.05) is 18.2 Å². The number of carbonyl (C=O) groups is 3. The van der Waals surface area contributed by atoms with Crippen molar-refractivity contribution in [1.29, 1.82) is 0 Å². The molecule has 0 unspecified atom stereocenters. The Balaban J connectivity index is 5.06. The van der Waals surface area contributed by atoms with Gasteiger partial charge in [0.1, 0.15) is 5.60 Å². The minimum atomic E-state index is -0.594. The first-order valence-electron chi connectivity index (χ1n) is 10.7. The average molecular weight is 425 g/mol. The molecule has 0 aromatic carbocycles. The van der Waals surface area contributed by atoms with Gasteiger partial charge in [0.05, 0.1) is 12.6 Å². The Bertz CT molecular complexity index is 603. The zero-order valence-electron chi connectivity index (χ0n) is 19.8. The Kier molecular flexibility index (Phi) is 12.8. The van der Waals surface area contributed by atoms with Crippen molar-refractivity contribution in [1.82, 2.24) is 10.6 Å².